The summed E-state index contributed by atoms with van der Waals surface area (Å²) in [7, 11) is 0.493. The van der Waals surface area contributed by atoms with Crippen LogP contribution in [0.3, 0.4) is 0 Å². The summed E-state index contributed by atoms with van der Waals surface area (Å²) in [4.78, 5) is 7.99. The Morgan fingerprint density at radius 3 is 2.77 bits per heavy atom. The van der Waals surface area contributed by atoms with E-state index in [1.165, 1.54) is 6.42 Å². The lowest BCUT2D eigenvalue weighted by Gasteiger charge is -2.51. The highest BCUT2D eigenvalue weighted by molar-refractivity contribution is 7.85. The van der Waals surface area contributed by atoms with Gasteiger partial charge in [-0.3, -0.25) is 14.1 Å². The second-order valence-electron chi connectivity index (χ2n) is 8.56. The van der Waals surface area contributed by atoms with Crippen LogP contribution in [0.5, 0.6) is 5.75 Å². The van der Waals surface area contributed by atoms with E-state index in [2.05, 4.69) is 28.6 Å². The largest absolute Gasteiger partial charge is 0.497 e. The second-order valence-corrected chi connectivity index (χ2v) is 10.1. The number of benzene rings is 2. The van der Waals surface area contributed by atoms with Crippen molar-refractivity contribution >= 4 is 21.7 Å². The van der Waals surface area contributed by atoms with Gasteiger partial charge in [0.05, 0.1) is 28.7 Å². The monoisotopic (exact) mass is 432 g/mol. The average molecular weight is 433 g/mol. The van der Waals surface area contributed by atoms with Crippen molar-refractivity contribution in [3.8, 4) is 5.75 Å². The van der Waals surface area contributed by atoms with Crippen LogP contribution in [0, 0.1) is 11.8 Å². The van der Waals surface area contributed by atoms with E-state index in [-0.39, 0.29) is 11.3 Å². The Kier molecular flexibility index (Phi) is 5.63. The minimum atomic E-state index is -1.19. The van der Waals surface area contributed by atoms with Gasteiger partial charge < -0.3 is 4.74 Å². The van der Waals surface area contributed by atoms with Gasteiger partial charge in [-0.1, -0.05) is 24.3 Å². The molecule has 160 valence electrons. The lowest BCUT2D eigenvalue weighted by molar-refractivity contribution is 0.0177. The van der Waals surface area contributed by atoms with Crippen molar-refractivity contribution in [1.82, 2.24) is 9.88 Å². The summed E-state index contributed by atoms with van der Waals surface area (Å²) in [6.07, 6.45) is 6.21. The first-order valence-electron chi connectivity index (χ1n) is 10.9. The molecule has 2 aromatic carbocycles. The van der Waals surface area contributed by atoms with E-state index < -0.39 is 10.8 Å². The van der Waals surface area contributed by atoms with Crippen LogP contribution in [0.4, 0.5) is 0 Å². The Morgan fingerprint density at radius 2 is 2.06 bits per heavy atom. The number of hydrogen-bond donors (Lipinski definition) is 0. The fourth-order valence-corrected chi connectivity index (χ4v) is 7.10. The van der Waals surface area contributed by atoms with Gasteiger partial charge in [-0.2, -0.15) is 0 Å². The van der Waals surface area contributed by atoms with Crippen LogP contribution in [0.15, 0.2) is 78.3 Å². The Balaban J connectivity index is 1.64. The molecule has 31 heavy (non-hydrogen) atoms. The van der Waals surface area contributed by atoms with Gasteiger partial charge in [0.25, 0.3) is 0 Å². The van der Waals surface area contributed by atoms with Crippen molar-refractivity contribution in [2.75, 3.05) is 20.2 Å². The first-order chi connectivity index (χ1) is 15.2. The molecule has 0 radical (unpaired) electrons. The van der Waals surface area contributed by atoms with E-state index in [1.54, 1.807) is 7.11 Å². The van der Waals surface area contributed by atoms with Crippen molar-refractivity contribution in [1.29, 1.82) is 0 Å². The van der Waals surface area contributed by atoms with E-state index in [1.807, 2.05) is 54.7 Å². The summed E-state index contributed by atoms with van der Waals surface area (Å²) < 4.78 is 19.6. The number of methoxy groups -OCH3 is 1. The zero-order chi connectivity index (χ0) is 21.4. The lowest BCUT2D eigenvalue weighted by Crippen LogP contribution is -2.55. The predicted molar refractivity (Wildman–Crippen MR) is 126 cm³/mol. The van der Waals surface area contributed by atoms with Crippen LogP contribution in [-0.4, -0.2) is 40.3 Å². The molecule has 6 atom stereocenters. The molecule has 3 saturated heterocycles. The number of aromatic nitrogens is 1. The standard InChI is InChI=1S/C26H28N2O2S/c1-3-18-17-28-14-12-19(18)15-25(28)26(31(29)21-7-5-4-6-8-21)22-11-13-27-24-10-9-20(30-2)16-23(22)24/h3-11,13,16,18-19,25-26H,1,12,14-15,17H2,2H3/t18-,19-,25-,26+,31?/m0/s1. The van der Waals surface area contributed by atoms with Crippen molar-refractivity contribution in [2.45, 2.75) is 29.0 Å². The van der Waals surface area contributed by atoms with Crippen LogP contribution in [0.25, 0.3) is 10.9 Å². The number of piperidine rings is 3. The maximum Gasteiger partial charge on any atom is 0.119 e. The maximum atomic E-state index is 14.1. The molecule has 4 heterocycles. The van der Waals surface area contributed by atoms with E-state index in [9.17, 15) is 4.21 Å². The number of nitrogens with zero attached hydrogens (tertiary/aromatic N) is 2. The highest BCUT2D eigenvalue weighted by atomic mass is 32.2. The summed E-state index contributed by atoms with van der Waals surface area (Å²) >= 11 is 0. The lowest BCUT2D eigenvalue weighted by atomic mass is 9.74. The maximum absolute atomic E-state index is 14.1. The summed E-state index contributed by atoms with van der Waals surface area (Å²) in [5.41, 5.74) is 2.01. The van der Waals surface area contributed by atoms with Crippen molar-refractivity contribution < 1.29 is 8.95 Å². The molecule has 0 saturated carbocycles. The SMILES string of the molecule is C=C[C@H]1CN2CC[C@H]1C[C@H]2[C@@H](c1ccnc2ccc(OC)cc12)S(=O)c1ccccc1. The van der Waals surface area contributed by atoms with Gasteiger partial charge in [-0.05, 0) is 73.2 Å². The van der Waals surface area contributed by atoms with E-state index in [4.69, 9.17) is 4.74 Å². The minimum absolute atomic E-state index is 0.131. The molecule has 6 rings (SSSR count). The molecule has 3 fully saturated rings. The van der Waals surface area contributed by atoms with Crippen molar-refractivity contribution in [2.24, 2.45) is 11.8 Å². The Bertz CT molecular complexity index is 1120. The Morgan fingerprint density at radius 1 is 1.23 bits per heavy atom. The van der Waals surface area contributed by atoms with Gasteiger partial charge >= 0.3 is 0 Å². The molecular formula is C26H28N2O2S. The van der Waals surface area contributed by atoms with Crippen molar-refractivity contribution in [3.05, 3.63) is 79.0 Å². The van der Waals surface area contributed by atoms with Crippen LogP contribution in [0.2, 0.25) is 0 Å². The molecule has 4 nitrogen and oxygen atoms in total. The van der Waals surface area contributed by atoms with Crippen LogP contribution < -0.4 is 4.74 Å². The van der Waals surface area contributed by atoms with Gasteiger partial charge in [0.1, 0.15) is 5.75 Å². The number of rotatable bonds is 6. The second kappa shape index (κ2) is 8.56. The smallest absolute Gasteiger partial charge is 0.119 e. The molecule has 3 aromatic rings. The highest BCUT2D eigenvalue weighted by Crippen LogP contribution is 2.45. The molecule has 2 bridgehead atoms. The molecule has 0 N–H and O–H groups in total. The zero-order valence-corrected chi connectivity index (χ0v) is 18.6. The molecule has 3 aliphatic rings. The predicted octanol–water partition coefficient (Wildman–Crippen LogP) is 4.99. The van der Waals surface area contributed by atoms with E-state index in [0.717, 1.165) is 46.6 Å². The third-order valence-electron chi connectivity index (χ3n) is 7.00. The Labute approximate surface area is 186 Å². The summed E-state index contributed by atoms with van der Waals surface area (Å²) in [5.74, 6) is 1.94. The van der Waals surface area contributed by atoms with Gasteiger partial charge in [-0.15, -0.1) is 6.58 Å². The Hall–Kier alpha value is -2.50. The topological polar surface area (TPSA) is 42.4 Å². The van der Waals surface area contributed by atoms with Crippen LogP contribution in [0.1, 0.15) is 23.7 Å². The third-order valence-corrected chi connectivity index (χ3v) is 8.76. The molecular weight excluding hydrogens is 404 g/mol. The van der Waals surface area contributed by atoms with Crippen molar-refractivity contribution in [3.63, 3.8) is 0 Å². The molecule has 2 unspecified atom stereocenters. The molecule has 1 aromatic heterocycles. The quantitative estimate of drug-likeness (QED) is 0.515. The molecule has 0 amide bonds. The number of ether oxygens (including phenoxy) is 1. The zero-order valence-electron chi connectivity index (χ0n) is 17.8. The fourth-order valence-electron chi connectivity index (χ4n) is 5.38. The van der Waals surface area contributed by atoms with Crippen LogP contribution >= 0.6 is 0 Å². The first kappa shape index (κ1) is 20.4. The number of pyridine rings is 1. The molecule has 0 aliphatic carbocycles. The van der Waals surface area contributed by atoms with Gasteiger partial charge in [0.15, 0.2) is 0 Å². The molecule has 5 heteroatoms. The normalized spacial score (nSPS) is 27.0. The summed E-state index contributed by atoms with van der Waals surface area (Å²) in [5, 5.41) is 0.896. The van der Waals surface area contributed by atoms with Crippen LogP contribution in [-0.2, 0) is 10.8 Å². The number of hydrogen-bond acceptors (Lipinski definition) is 4. The van der Waals surface area contributed by atoms with E-state index >= 15 is 0 Å². The summed E-state index contributed by atoms with van der Waals surface area (Å²) in [6, 6.07) is 18.1. The third kappa shape index (κ3) is 3.70. The number of fused-ring (bicyclic) bond motifs is 4. The molecule has 0 spiro atoms. The van der Waals surface area contributed by atoms with E-state index in [0.29, 0.717) is 11.8 Å². The first-order valence-corrected chi connectivity index (χ1v) is 12.2. The minimum Gasteiger partial charge on any atom is -0.497 e. The molecule has 3 aliphatic heterocycles. The van der Waals surface area contributed by atoms with Gasteiger partial charge in [0, 0.05) is 29.1 Å². The van der Waals surface area contributed by atoms with Gasteiger partial charge in [-0.25, -0.2) is 0 Å². The highest BCUT2D eigenvalue weighted by Gasteiger charge is 2.44. The summed E-state index contributed by atoms with van der Waals surface area (Å²) in [6.45, 7) is 6.14. The van der Waals surface area contributed by atoms with Gasteiger partial charge in [0.2, 0.25) is 0 Å². The fraction of sp³-hybridized carbons (Fsp3) is 0.346. The average Bonchev–Trinajstić information content (AvgIpc) is 2.84.